The molecule has 3 aromatic rings. The van der Waals surface area contributed by atoms with E-state index in [0.29, 0.717) is 5.56 Å². The first kappa shape index (κ1) is 24.8. The summed E-state index contributed by atoms with van der Waals surface area (Å²) in [5.41, 5.74) is 1.76. The Balaban J connectivity index is 1.91. The maximum absolute atomic E-state index is 13.1. The molecule has 35 heavy (non-hydrogen) atoms. The minimum Gasteiger partial charge on any atom is -0.480 e. The molecule has 0 saturated carbocycles. The third-order valence-electron chi connectivity index (χ3n) is 5.08. The summed E-state index contributed by atoms with van der Waals surface area (Å²) < 4.78 is 0. The Morgan fingerprint density at radius 2 is 1.69 bits per heavy atom. The molecule has 0 aliphatic heterocycles. The van der Waals surface area contributed by atoms with Crippen LogP contribution in [0.25, 0.3) is 6.08 Å². The van der Waals surface area contributed by atoms with E-state index in [-0.39, 0.29) is 28.9 Å². The number of carboxylic acid groups (broad SMARTS) is 1. The minimum atomic E-state index is -1.27. The number of carbonyl (C=O) groups excluding carboxylic acids is 2. The number of carboxylic acids is 1. The third-order valence-corrected chi connectivity index (χ3v) is 5.08. The average molecular weight is 473 g/mol. The molecule has 0 aliphatic carbocycles. The second-order valence-corrected chi connectivity index (χ2v) is 7.78. The van der Waals surface area contributed by atoms with Crippen LogP contribution in [0, 0.1) is 17.0 Å². The van der Waals surface area contributed by atoms with E-state index in [1.165, 1.54) is 30.3 Å². The predicted molar refractivity (Wildman–Crippen MR) is 129 cm³/mol. The Labute approximate surface area is 201 Å². The van der Waals surface area contributed by atoms with Gasteiger partial charge >= 0.3 is 5.97 Å². The van der Waals surface area contributed by atoms with Crippen LogP contribution in [0.15, 0.2) is 84.6 Å². The lowest BCUT2D eigenvalue weighted by molar-refractivity contribution is -0.384. The molecule has 0 aliphatic rings. The number of aryl methyl sites for hydroxylation is 1. The molecule has 178 valence electrons. The first-order valence-corrected chi connectivity index (χ1v) is 10.6. The maximum atomic E-state index is 13.1. The SMILES string of the molecule is Cc1ccc(C(=O)N/C(=C\c2cccc([N+](=O)[O-])c2)C(=O)N[C@@H](Cc2ccccc2)C(=O)O)cc1. The van der Waals surface area contributed by atoms with Crippen LogP contribution in [0.2, 0.25) is 0 Å². The van der Waals surface area contributed by atoms with Crippen molar-refractivity contribution in [2.75, 3.05) is 0 Å². The predicted octanol–water partition coefficient (Wildman–Crippen LogP) is 3.49. The number of hydrogen-bond acceptors (Lipinski definition) is 5. The maximum Gasteiger partial charge on any atom is 0.326 e. The smallest absolute Gasteiger partial charge is 0.326 e. The first-order valence-electron chi connectivity index (χ1n) is 10.6. The Hall–Kier alpha value is -4.79. The number of carbonyl (C=O) groups is 3. The van der Waals surface area contributed by atoms with Gasteiger partial charge in [-0.05, 0) is 36.3 Å². The Bertz CT molecular complexity index is 1270. The lowest BCUT2D eigenvalue weighted by Gasteiger charge is -2.17. The lowest BCUT2D eigenvalue weighted by atomic mass is 10.1. The van der Waals surface area contributed by atoms with Gasteiger partial charge in [0.25, 0.3) is 17.5 Å². The Kier molecular flexibility index (Phi) is 8.07. The molecule has 0 fully saturated rings. The quantitative estimate of drug-likeness (QED) is 0.247. The molecular formula is C26H23N3O6. The van der Waals surface area contributed by atoms with Crippen LogP contribution in [0.5, 0.6) is 0 Å². The summed E-state index contributed by atoms with van der Waals surface area (Å²) in [5.74, 6) is -2.69. The molecule has 9 nitrogen and oxygen atoms in total. The van der Waals surface area contributed by atoms with Crippen LogP contribution in [0.4, 0.5) is 5.69 Å². The summed E-state index contributed by atoms with van der Waals surface area (Å²) in [5, 5.41) is 25.7. The van der Waals surface area contributed by atoms with E-state index in [2.05, 4.69) is 10.6 Å². The molecule has 1 atom stereocenters. The van der Waals surface area contributed by atoms with Crippen LogP contribution >= 0.6 is 0 Å². The molecule has 0 spiro atoms. The highest BCUT2D eigenvalue weighted by Gasteiger charge is 2.24. The van der Waals surface area contributed by atoms with Gasteiger partial charge in [-0.2, -0.15) is 0 Å². The topological polar surface area (TPSA) is 139 Å². The van der Waals surface area contributed by atoms with Crippen molar-refractivity contribution in [3.05, 3.63) is 117 Å². The Morgan fingerprint density at radius 3 is 2.31 bits per heavy atom. The molecule has 9 heteroatoms. The molecule has 3 rings (SSSR count). The number of nitrogens with one attached hydrogen (secondary N) is 2. The van der Waals surface area contributed by atoms with E-state index in [4.69, 9.17) is 0 Å². The van der Waals surface area contributed by atoms with Crippen molar-refractivity contribution in [1.29, 1.82) is 0 Å². The van der Waals surface area contributed by atoms with E-state index in [1.807, 2.05) is 6.92 Å². The summed E-state index contributed by atoms with van der Waals surface area (Å²) in [6, 6.07) is 19.6. The van der Waals surface area contributed by atoms with E-state index < -0.39 is 28.7 Å². The van der Waals surface area contributed by atoms with Crippen LogP contribution in [0.1, 0.15) is 27.0 Å². The van der Waals surface area contributed by atoms with Crippen LogP contribution in [-0.4, -0.2) is 33.9 Å². The van der Waals surface area contributed by atoms with Crippen molar-refractivity contribution >= 4 is 29.5 Å². The molecule has 3 aromatic carbocycles. The van der Waals surface area contributed by atoms with Gasteiger partial charge in [0.1, 0.15) is 11.7 Å². The molecule has 2 amide bonds. The van der Waals surface area contributed by atoms with Gasteiger partial charge < -0.3 is 15.7 Å². The summed E-state index contributed by atoms with van der Waals surface area (Å²) in [4.78, 5) is 48.3. The molecule has 0 unspecified atom stereocenters. The molecular weight excluding hydrogens is 450 g/mol. The van der Waals surface area contributed by atoms with Crippen molar-refractivity contribution in [3.8, 4) is 0 Å². The average Bonchev–Trinajstić information content (AvgIpc) is 2.84. The zero-order chi connectivity index (χ0) is 25.4. The van der Waals surface area contributed by atoms with Gasteiger partial charge in [-0.1, -0.05) is 60.2 Å². The van der Waals surface area contributed by atoms with E-state index in [1.54, 1.807) is 54.6 Å². The highest BCUT2D eigenvalue weighted by molar-refractivity contribution is 6.06. The van der Waals surface area contributed by atoms with E-state index >= 15 is 0 Å². The van der Waals surface area contributed by atoms with Crippen molar-refractivity contribution in [1.82, 2.24) is 10.6 Å². The number of benzene rings is 3. The summed E-state index contributed by atoms with van der Waals surface area (Å²) >= 11 is 0. The molecule has 3 N–H and O–H groups in total. The van der Waals surface area contributed by atoms with Gasteiger partial charge in [0.15, 0.2) is 0 Å². The Morgan fingerprint density at radius 1 is 1.00 bits per heavy atom. The molecule has 0 bridgehead atoms. The number of rotatable bonds is 9. The zero-order valence-electron chi connectivity index (χ0n) is 18.8. The third kappa shape index (κ3) is 7.10. The van der Waals surface area contributed by atoms with Crippen molar-refractivity contribution in [2.45, 2.75) is 19.4 Å². The zero-order valence-corrected chi connectivity index (χ0v) is 18.8. The second-order valence-electron chi connectivity index (χ2n) is 7.78. The van der Waals surface area contributed by atoms with Gasteiger partial charge in [0.05, 0.1) is 4.92 Å². The second kappa shape index (κ2) is 11.4. The van der Waals surface area contributed by atoms with Gasteiger partial charge in [0.2, 0.25) is 0 Å². The fraction of sp³-hybridized carbons (Fsp3) is 0.115. The van der Waals surface area contributed by atoms with Crippen molar-refractivity contribution < 1.29 is 24.4 Å². The number of amides is 2. The number of nitro benzene ring substituents is 1. The summed E-state index contributed by atoms with van der Waals surface area (Å²) in [6.45, 7) is 1.86. The highest BCUT2D eigenvalue weighted by atomic mass is 16.6. The summed E-state index contributed by atoms with van der Waals surface area (Å²) in [7, 11) is 0. The van der Waals surface area contributed by atoms with Crippen molar-refractivity contribution in [3.63, 3.8) is 0 Å². The van der Waals surface area contributed by atoms with E-state index in [9.17, 15) is 29.6 Å². The van der Waals surface area contributed by atoms with Gasteiger partial charge in [-0.25, -0.2) is 4.79 Å². The van der Waals surface area contributed by atoms with Crippen LogP contribution in [-0.2, 0) is 16.0 Å². The number of nitro groups is 1. The molecule has 0 heterocycles. The first-order chi connectivity index (χ1) is 16.7. The van der Waals surface area contributed by atoms with Crippen LogP contribution < -0.4 is 10.6 Å². The number of nitrogens with zero attached hydrogens (tertiary/aromatic N) is 1. The monoisotopic (exact) mass is 473 g/mol. The van der Waals surface area contributed by atoms with Gasteiger partial charge in [-0.3, -0.25) is 19.7 Å². The summed E-state index contributed by atoms with van der Waals surface area (Å²) in [6.07, 6.45) is 1.29. The number of non-ortho nitro benzene ring substituents is 1. The molecule has 0 radical (unpaired) electrons. The number of aliphatic carboxylic acids is 1. The normalized spacial score (nSPS) is 11.9. The van der Waals surface area contributed by atoms with E-state index in [0.717, 1.165) is 5.56 Å². The van der Waals surface area contributed by atoms with Gasteiger partial charge in [0, 0.05) is 24.1 Å². The minimum absolute atomic E-state index is 0.0257. The number of hydrogen-bond donors (Lipinski definition) is 3. The van der Waals surface area contributed by atoms with Crippen LogP contribution in [0.3, 0.4) is 0 Å². The largest absolute Gasteiger partial charge is 0.480 e. The molecule has 0 aromatic heterocycles. The highest BCUT2D eigenvalue weighted by Crippen LogP contribution is 2.16. The van der Waals surface area contributed by atoms with Gasteiger partial charge in [-0.15, -0.1) is 0 Å². The fourth-order valence-corrected chi connectivity index (χ4v) is 3.24. The fourth-order valence-electron chi connectivity index (χ4n) is 3.24. The standard InChI is InChI=1S/C26H23N3O6/c1-17-10-12-20(13-11-17)24(30)27-22(16-19-8-5-9-21(14-19)29(34)35)25(31)28-23(26(32)33)15-18-6-3-2-4-7-18/h2-14,16,23H,15H2,1H3,(H,27,30)(H,28,31)(H,32,33)/b22-16-/t23-/m0/s1. The molecule has 0 saturated heterocycles. The lowest BCUT2D eigenvalue weighted by Crippen LogP contribution is -2.45. The van der Waals surface area contributed by atoms with Crippen molar-refractivity contribution in [2.24, 2.45) is 0 Å².